The van der Waals surface area contributed by atoms with E-state index >= 15 is 0 Å². The number of phenolic OH excluding ortho intramolecular Hbond substituents is 1. The molecule has 2 aromatic carbocycles. The lowest BCUT2D eigenvalue weighted by Gasteiger charge is -2.18. The van der Waals surface area contributed by atoms with Crippen LogP contribution in [0.4, 0.5) is 5.69 Å². The van der Waals surface area contributed by atoms with E-state index in [0.717, 1.165) is 35.6 Å². The molecule has 2 heteroatoms. The number of aromatic hydroxyl groups is 1. The number of nitrogen functional groups attached to an aromatic ring is 1. The van der Waals surface area contributed by atoms with Crippen LogP contribution < -0.4 is 5.73 Å². The first-order valence-electron chi connectivity index (χ1n) is 8.55. The molecule has 0 aliphatic heterocycles. The van der Waals surface area contributed by atoms with Gasteiger partial charge < -0.3 is 10.8 Å². The van der Waals surface area contributed by atoms with Crippen molar-refractivity contribution in [1.29, 1.82) is 0 Å². The van der Waals surface area contributed by atoms with Crippen LogP contribution in [0.5, 0.6) is 5.75 Å². The minimum absolute atomic E-state index is 0.252. The van der Waals surface area contributed by atoms with Crippen molar-refractivity contribution in [2.24, 2.45) is 0 Å². The highest BCUT2D eigenvalue weighted by Gasteiger charge is 2.16. The van der Waals surface area contributed by atoms with Crippen LogP contribution in [-0.4, -0.2) is 5.11 Å². The van der Waals surface area contributed by atoms with E-state index in [1.165, 1.54) is 16.7 Å². The number of allylic oxidation sites excluding steroid dienone is 2. The Hall–Kier alpha value is -1.96. The lowest BCUT2D eigenvalue weighted by molar-refractivity contribution is 0.468. The molecular formula is C21H29NO. The van der Waals surface area contributed by atoms with E-state index in [2.05, 4.69) is 58.9 Å². The standard InChI is InChI=1S/C21H29NO/c1-6-15-10-11-16-12-18(14(4)5)21(23)20(22)19(16)17(15)9-7-8-13(2)3/h8,10-12,14,23H,6-7,9,22H2,1-5H3. The first kappa shape index (κ1) is 17.4. The normalized spacial score (nSPS) is 11.2. The lowest BCUT2D eigenvalue weighted by atomic mass is 9.89. The molecule has 3 N–H and O–H groups in total. The van der Waals surface area contributed by atoms with Crippen LogP contribution in [0, 0.1) is 0 Å². The molecule has 2 nitrogen and oxygen atoms in total. The van der Waals surface area contributed by atoms with Crippen LogP contribution in [0.15, 0.2) is 29.8 Å². The second-order valence-electron chi connectivity index (χ2n) is 6.86. The molecule has 0 unspecified atom stereocenters. The van der Waals surface area contributed by atoms with Gasteiger partial charge in [0.25, 0.3) is 0 Å². The van der Waals surface area contributed by atoms with E-state index in [0.29, 0.717) is 5.69 Å². The van der Waals surface area contributed by atoms with Gasteiger partial charge >= 0.3 is 0 Å². The average molecular weight is 311 g/mol. The van der Waals surface area contributed by atoms with Gasteiger partial charge in [-0.15, -0.1) is 0 Å². The van der Waals surface area contributed by atoms with Gasteiger partial charge in [-0.3, -0.25) is 0 Å². The van der Waals surface area contributed by atoms with Gasteiger partial charge in [-0.25, -0.2) is 0 Å². The van der Waals surface area contributed by atoms with Crippen molar-refractivity contribution >= 4 is 16.5 Å². The number of hydrogen-bond donors (Lipinski definition) is 2. The first-order valence-corrected chi connectivity index (χ1v) is 8.55. The molecule has 0 saturated carbocycles. The van der Waals surface area contributed by atoms with E-state index in [9.17, 15) is 5.11 Å². The van der Waals surface area contributed by atoms with Gasteiger partial charge in [0.1, 0.15) is 5.75 Å². The van der Waals surface area contributed by atoms with Gasteiger partial charge in [0.15, 0.2) is 0 Å². The van der Waals surface area contributed by atoms with Gasteiger partial charge in [0, 0.05) is 5.39 Å². The Morgan fingerprint density at radius 1 is 1.26 bits per heavy atom. The van der Waals surface area contributed by atoms with Crippen LogP contribution in [0.1, 0.15) is 63.6 Å². The Bertz CT molecular complexity index is 737. The maximum absolute atomic E-state index is 10.5. The molecule has 0 amide bonds. The molecule has 124 valence electrons. The molecule has 0 heterocycles. The van der Waals surface area contributed by atoms with Gasteiger partial charge in [-0.2, -0.15) is 0 Å². The van der Waals surface area contributed by atoms with Gasteiger partial charge in [0.05, 0.1) is 5.69 Å². The summed E-state index contributed by atoms with van der Waals surface area (Å²) in [6.07, 6.45) is 5.19. The number of anilines is 1. The maximum Gasteiger partial charge on any atom is 0.142 e. The molecule has 0 radical (unpaired) electrons. The summed E-state index contributed by atoms with van der Waals surface area (Å²) in [7, 11) is 0. The van der Waals surface area contributed by atoms with Crippen molar-refractivity contribution in [1.82, 2.24) is 0 Å². The predicted molar refractivity (Wildman–Crippen MR) is 101 cm³/mol. The second kappa shape index (κ2) is 7.08. The third-order valence-corrected chi connectivity index (χ3v) is 4.50. The van der Waals surface area contributed by atoms with Crippen molar-refractivity contribution in [3.8, 4) is 5.75 Å². The molecule has 0 aliphatic carbocycles. The topological polar surface area (TPSA) is 46.2 Å². The number of fused-ring (bicyclic) bond motifs is 1. The molecule has 0 fully saturated rings. The molecule has 0 spiro atoms. The summed E-state index contributed by atoms with van der Waals surface area (Å²) >= 11 is 0. The Balaban J connectivity index is 2.67. The Labute approximate surface area is 140 Å². The third kappa shape index (κ3) is 3.52. The fourth-order valence-electron chi connectivity index (χ4n) is 3.22. The summed E-state index contributed by atoms with van der Waals surface area (Å²) in [6, 6.07) is 6.44. The number of aryl methyl sites for hydroxylation is 2. The zero-order valence-electron chi connectivity index (χ0n) is 15.0. The van der Waals surface area contributed by atoms with E-state index < -0.39 is 0 Å². The van der Waals surface area contributed by atoms with Crippen molar-refractivity contribution < 1.29 is 5.11 Å². The molecule has 0 aliphatic rings. The second-order valence-corrected chi connectivity index (χ2v) is 6.86. The van der Waals surface area contributed by atoms with Crippen molar-refractivity contribution in [2.75, 3.05) is 5.73 Å². The van der Waals surface area contributed by atoms with Crippen molar-refractivity contribution in [3.63, 3.8) is 0 Å². The highest BCUT2D eigenvalue weighted by atomic mass is 16.3. The Morgan fingerprint density at radius 2 is 1.96 bits per heavy atom. The van der Waals surface area contributed by atoms with Gasteiger partial charge in [0.2, 0.25) is 0 Å². The van der Waals surface area contributed by atoms with Crippen LogP contribution in [0.3, 0.4) is 0 Å². The number of rotatable bonds is 5. The fraction of sp³-hybridized carbons (Fsp3) is 0.429. The molecule has 0 bridgehead atoms. The SMILES string of the molecule is CCc1ccc2cc(C(C)C)c(O)c(N)c2c1CCC=C(C)C. The van der Waals surface area contributed by atoms with Crippen LogP contribution >= 0.6 is 0 Å². The predicted octanol–water partition coefficient (Wildman–Crippen LogP) is 5.71. The molecule has 0 atom stereocenters. The van der Waals surface area contributed by atoms with E-state index in [-0.39, 0.29) is 11.7 Å². The smallest absolute Gasteiger partial charge is 0.142 e. The molecule has 2 aromatic rings. The summed E-state index contributed by atoms with van der Waals surface area (Å²) in [6.45, 7) is 10.6. The summed E-state index contributed by atoms with van der Waals surface area (Å²) < 4.78 is 0. The van der Waals surface area contributed by atoms with E-state index in [1.807, 2.05) is 0 Å². The van der Waals surface area contributed by atoms with Crippen LogP contribution in [-0.2, 0) is 12.8 Å². The summed E-state index contributed by atoms with van der Waals surface area (Å²) in [4.78, 5) is 0. The van der Waals surface area contributed by atoms with Crippen molar-refractivity contribution in [2.45, 2.75) is 59.8 Å². The summed E-state index contributed by atoms with van der Waals surface area (Å²) in [5, 5.41) is 12.7. The molecule has 23 heavy (non-hydrogen) atoms. The molecule has 0 saturated heterocycles. The largest absolute Gasteiger partial charge is 0.505 e. The Kier molecular flexibility index (Phi) is 5.35. The average Bonchev–Trinajstić information content (AvgIpc) is 2.49. The number of hydrogen-bond acceptors (Lipinski definition) is 2. The number of phenols is 1. The third-order valence-electron chi connectivity index (χ3n) is 4.50. The fourth-order valence-corrected chi connectivity index (χ4v) is 3.22. The maximum atomic E-state index is 10.5. The molecule has 0 aromatic heterocycles. The zero-order chi connectivity index (χ0) is 17.1. The van der Waals surface area contributed by atoms with Gasteiger partial charge in [-0.05, 0) is 67.2 Å². The monoisotopic (exact) mass is 311 g/mol. The summed E-state index contributed by atoms with van der Waals surface area (Å²) in [5.41, 5.74) is 11.7. The number of benzene rings is 2. The van der Waals surface area contributed by atoms with Crippen LogP contribution in [0.25, 0.3) is 10.8 Å². The lowest BCUT2D eigenvalue weighted by Crippen LogP contribution is -2.01. The minimum Gasteiger partial charge on any atom is -0.505 e. The highest BCUT2D eigenvalue weighted by Crippen LogP contribution is 2.40. The van der Waals surface area contributed by atoms with Crippen LogP contribution in [0.2, 0.25) is 0 Å². The first-order chi connectivity index (χ1) is 10.9. The highest BCUT2D eigenvalue weighted by molar-refractivity contribution is 6.00. The van der Waals surface area contributed by atoms with Gasteiger partial charge in [-0.1, -0.05) is 44.6 Å². The Morgan fingerprint density at radius 3 is 2.52 bits per heavy atom. The molecule has 2 rings (SSSR count). The van der Waals surface area contributed by atoms with Crippen molar-refractivity contribution in [3.05, 3.63) is 46.5 Å². The zero-order valence-corrected chi connectivity index (χ0v) is 15.0. The van der Waals surface area contributed by atoms with E-state index in [1.54, 1.807) is 0 Å². The minimum atomic E-state index is 0.252. The molecular weight excluding hydrogens is 282 g/mol. The quantitative estimate of drug-likeness (QED) is 0.422. The van der Waals surface area contributed by atoms with E-state index in [4.69, 9.17) is 5.73 Å². The number of nitrogens with two attached hydrogens (primary N) is 1. The summed E-state index contributed by atoms with van der Waals surface area (Å²) in [5.74, 6) is 0.505.